The molecule has 0 atom stereocenters. The summed E-state index contributed by atoms with van der Waals surface area (Å²) < 4.78 is 16.0. The molecule has 0 unspecified atom stereocenters. The quantitative estimate of drug-likeness (QED) is 0.248. The molecule has 0 fully saturated rings. The number of halogens is 1. The zero-order valence-electron chi connectivity index (χ0n) is 15.0. The number of hydrogen-bond donors (Lipinski definition) is 2. The number of rotatable bonds is 10. The average Bonchev–Trinajstić information content (AvgIpc) is 2.55. The molecule has 0 saturated carbocycles. The van der Waals surface area contributed by atoms with Gasteiger partial charge in [0.15, 0.2) is 17.5 Å². The van der Waals surface area contributed by atoms with E-state index in [2.05, 4.69) is 24.2 Å². The van der Waals surface area contributed by atoms with E-state index in [9.17, 15) is 0 Å². The molecule has 7 heteroatoms. The summed E-state index contributed by atoms with van der Waals surface area (Å²) in [6.45, 7) is 7.04. The number of hydrogen-bond acceptors (Lipinski definition) is 4. The first-order valence-electron chi connectivity index (χ1n) is 7.89. The number of methoxy groups -OCH3 is 2. The van der Waals surface area contributed by atoms with Crippen molar-refractivity contribution in [2.24, 2.45) is 16.6 Å². The van der Waals surface area contributed by atoms with Crippen molar-refractivity contribution in [3.63, 3.8) is 0 Å². The van der Waals surface area contributed by atoms with Crippen molar-refractivity contribution in [3.05, 3.63) is 23.8 Å². The average molecular weight is 451 g/mol. The maximum atomic E-state index is 5.85. The van der Waals surface area contributed by atoms with Crippen molar-refractivity contribution >= 4 is 29.9 Å². The Labute approximate surface area is 162 Å². The van der Waals surface area contributed by atoms with Gasteiger partial charge in [0.05, 0.1) is 20.8 Å². The zero-order chi connectivity index (χ0) is 17.1. The van der Waals surface area contributed by atoms with Gasteiger partial charge in [-0.1, -0.05) is 19.9 Å². The van der Waals surface area contributed by atoms with Gasteiger partial charge >= 0.3 is 0 Å². The van der Waals surface area contributed by atoms with Crippen molar-refractivity contribution < 1.29 is 14.2 Å². The molecule has 6 nitrogen and oxygen atoms in total. The highest BCUT2D eigenvalue weighted by atomic mass is 127. The molecule has 1 aromatic rings. The number of nitrogens with two attached hydrogens (primary N) is 1. The van der Waals surface area contributed by atoms with Gasteiger partial charge in [0.25, 0.3) is 0 Å². The topological polar surface area (TPSA) is 78.1 Å². The van der Waals surface area contributed by atoms with Crippen LogP contribution in [-0.2, 0) is 11.3 Å². The monoisotopic (exact) mass is 451 g/mol. The van der Waals surface area contributed by atoms with Gasteiger partial charge in [-0.15, -0.1) is 24.0 Å². The van der Waals surface area contributed by atoms with Crippen LogP contribution in [-0.4, -0.2) is 39.9 Å². The molecule has 1 aromatic carbocycles. The highest BCUT2D eigenvalue weighted by Gasteiger charge is 2.04. The van der Waals surface area contributed by atoms with Gasteiger partial charge in [0, 0.05) is 19.8 Å². The fourth-order valence-corrected chi connectivity index (χ4v) is 1.92. The Balaban J connectivity index is 0.00000529. The number of nitrogens with one attached hydrogen (secondary N) is 1. The van der Waals surface area contributed by atoms with E-state index in [1.54, 1.807) is 14.2 Å². The molecule has 0 bridgehead atoms. The first kappa shape index (κ1) is 22.8. The third-order valence-corrected chi connectivity index (χ3v) is 3.10. The molecule has 0 aliphatic heterocycles. The van der Waals surface area contributed by atoms with Crippen molar-refractivity contribution in [2.75, 3.05) is 34.0 Å². The first-order valence-corrected chi connectivity index (χ1v) is 7.89. The first-order chi connectivity index (χ1) is 11.1. The Hall–Kier alpha value is -1.22. The zero-order valence-corrected chi connectivity index (χ0v) is 17.3. The highest BCUT2D eigenvalue weighted by Crippen LogP contribution is 2.27. The molecule has 3 N–H and O–H groups in total. The number of benzene rings is 1. The Bertz CT molecular complexity index is 496. The summed E-state index contributed by atoms with van der Waals surface area (Å²) in [7, 11) is 3.23. The van der Waals surface area contributed by atoms with Gasteiger partial charge in [-0.3, -0.25) is 0 Å². The Morgan fingerprint density at radius 2 is 1.92 bits per heavy atom. The van der Waals surface area contributed by atoms with Crippen molar-refractivity contribution in [1.82, 2.24) is 5.32 Å². The fourth-order valence-electron chi connectivity index (χ4n) is 1.92. The van der Waals surface area contributed by atoms with E-state index in [4.69, 9.17) is 19.9 Å². The largest absolute Gasteiger partial charge is 0.493 e. The van der Waals surface area contributed by atoms with Crippen LogP contribution >= 0.6 is 24.0 Å². The van der Waals surface area contributed by atoms with Crippen molar-refractivity contribution in [1.29, 1.82) is 0 Å². The molecule has 0 heterocycles. The van der Waals surface area contributed by atoms with Crippen LogP contribution in [0.4, 0.5) is 0 Å². The van der Waals surface area contributed by atoms with Crippen LogP contribution in [0.15, 0.2) is 23.2 Å². The molecule has 0 spiro atoms. The van der Waals surface area contributed by atoms with Gasteiger partial charge in [0.2, 0.25) is 0 Å². The second-order valence-corrected chi connectivity index (χ2v) is 5.64. The van der Waals surface area contributed by atoms with Gasteiger partial charge in [-0.2, -0.15) is 0 Å². The van der Waals surface area contributed by atoms with E-state index < -0.39 is 0 Å². The van der Waals surface area contributed by atoms with Gasteiger partial charge in [0.1, 0.15) is 0 Å². The molecule has 138 valence electrons. The SMILES string of the molecule is COc1ccc(CN=C(N)NCCCOCC(C)C)cc1OC.I. The van der Waals surface area contributed by atoms with E-state index in [0.29, 0.717) is 29.9 Å². The van der Waals surface area contributed by atoms with E-state index >= 15 is 0 Å². The van der Waals surface area contributed by atoms with Gasteiger partial charge in [-0.25, -0.2) is 4.99 Å². The molecule has 0 aliphatic carbocycles. The number of nitrogens with zero attached hydrogens (tertiary/aromatic N) is 1. The lowest BCUT2D eigenvalue weighted by atomic mass is 10.2. The van der Waals surface area contributed by atoms with E-state index in [-0.39, 0.29) is 24.0 Å². The molecule has 24 heavy (non-hydrogen) atoms. The lowest BCUT2D eigenvalue weighted by molar-refractivity contribution is 0.108. The summed E-state index contributed by atoms with van der Waals surface area (Å²) in [5, 5.41) is 3.08. The lowest BCUT2D eigenvalue weighted by Gasteiger charge is -2.09. The standard InChI is InChI=1S/C17H29N3O3.HI/c1-13(2)12-23-9-5-8-19-17(18)20-11-14-6-7-15(21-3)16(10-14)22-4;/h6-7,10,13H,5,8-9,11-12H2,1-4H3,(H3,18,19,20);1H. The third kappa shape index (κ3) is 9.17. The maximum Gasteiger partial charge on any atom is 0.188 e. The minimum Gasteiger partial charge on any atom is -0.493 e. The molecular weight excluding hydrogens is 421 g/mol. The van der Waals surface area contributed by atoms with Gasteiger partial charge < -0.3 is 25.3 Å². The predicted octanol–water partition coefficient (Wildman–Crippen LogP) is 2.79. The Morgan fingerprint density at radius 3 is 2.54 bits per heavy atom. The van der Waals surface area contributed by atoms with Crippen LogP contribution in [0.3, 0.4) is 0 Å². The second-order valence-electron chi connectivity index (χ2n) is 5.64. The molecule has 0 radical (unpaired) electrons. The molecular formula is C17H30IN3O3. The van der Waals surface area contributed by atoms with E-state index in [0.717, 1.165) is 31.7 Å². The lowest BCUT2D eigenvalue weighted by Crippen LogP contribution is -2.32. The predicted molar refractivity (Wildman–Crippen MR) is 109 cm³/mol. The smallest absolute Gasteiger partial charge is 0.188 e. The fraction of sp³-hybridized carbons (Fsp3) is 0.588. The summed E-state index contributed by atoms with van der Waals surface area (Å²) in [6, 6.07) is 5.70. The summed E-state index contributed by atoms with van der Waals surface area (Å²) in [6.07, 6.45) is 0.902. The van der Waals surface area contributed by atoms with Crippen LogP contribution in [0.5, 0.6) is 11.5 Å². The van der Waals surface area contributed by atoms with Crippen LogP contribution in [0.2, 0.25) is 0 Å². The summed E-state index contributed by atoms with van der Waals surface area (Å²) in [5.41, 5.74) is 6.86. The van der Waals surface area contributed by atoms with Crippen LogP contribution < -0.4 is 20.5 Å². The summed E-state index contributed by atoms with van der Waals surface area (Å²) in [4.78, 5) is 4.32. The normalized spacial score (nSPS) is 11.1. The third-order valence-electron chi connectivity index (χ3n) is 3.10. The Kier molecular flexibility index (Phi) is 12.4. The minimum absolute atomic E-state index is 0. The molecule has 0 aliphatic rings. The van der Waals surface area contributed by atoms with Crippen molar-refractivity contribution in [2.45, 2.75) is 26.8 Å². The highest BCUT2D eigenvalue weighted by molar-refractivity contribution is 14.0. The number of ether oxygens (including phenoxy) is 3. The Morgan fingerprint density at radius 1 is 1.21 bits per heavy atom. The number of guanidine groups is 1. The van der Waals surface area contributed by atoms with E-state index in [1.165, 1.54) is 0 Å². The maximum absolute atomic E-state index is 5.85. The second kappa shape index (κ2) is 13.1. The summed E-state index contributed by atoms with van der Waals surface area (Å²) in [5.74, 6) is 2.39. The summed E-state index contributed by atoms with van der Waals surface area (Å²) >= 11 is 0. The molecule has 1 rings (SSSR count). The van der Waals surface area contributed by atoms with Crippen LogP contribution in [0.25, 0.3) is 0 Å². The van der Waals surface area contributed by atoms with Gasteiger partial charge in [-0.05, 0) is 30.0 Å². The van der Waals surface area contributed by atoms with E-state index in [1.807, 2.05) is 18.2 Å². The molecule has 0 saturated heterocycles. The molecule has 0 amide bonds. The van der Waals surface area contributed by atoms with Crippen molar-refractivity contribution in [3.8, 4) is 11.5 Å². The number of aliphatic imine (C=N–C) groups is 1. The van der Waals surface area contributed by atoms with Crippen LogP contribution in [0, 0.1) is 5.92 Å². The van der Waals surface area contributed by atoms with Crippen LogP contribution in [0.1, 0.15) is 25.8 Å². The minimum atomic E-state index is 0. The molecule has 0 aromatic heterocycles.